The van der Waals surface area contributed by atoms with E-state index in [4.69, 9.17) is 4.74 Å². The number of aromatic nitrogens is 1. The lowest BCUT2D eigenvalue weighted by Crippen LogP contribution is -2.42. The highest BCUT2D eigenvalue weighted by molar-refractivity contribution is 7.17. The first-order valence-corrected chi connectivity index (χ1v) is 11.5. The first-order valence-electron chi connectivity index (χ1n) is 10.7. The molecule has 1 atom stereocenters. The van der Waals surface area contributed by atoms with Crippen LogP contribution in [0.1, 0.15) is 41.6 Å². The van der Waals surface area contributed by atoms with Gasteiger partial charge >= 0.3 is 0 Å². The standard InChI is InChI=1S/C23H30FN3O3S/c1-15(21(28)25-11-4-14-30-3)17-9-12-27(13-10-17)23(29)20-16(2)26-22(31-20)18-5-7-19(24)8-6-18/h5-8,15,17H,4,9-14H2,1-3H3,(H,25,28)/t15-/m1/s1. The average molecular weight is 448 g/mol. The number of piperidine rings is 1. The SMILES string of the molecule is COCCCNC(=O)[C@H](C)C1CCN(C(=O)c2sc(-c3ccc(F)cc3)nc2C)CC1. The Morgan fingerprint density at radius 1 is 1.29 bits per heavy atom. The van der Waals surface area contributed by atoms with Gasteiger partial charge in [-0.15, -0.1) is 11.3 Å². The predicted molar refractivity (Wildman–Crippen MR) is 120 cm³/mol. The van der Waals surface area contributed by atoms with Gasteiger partial charge in [-0.05, 0) is 56.4 Å². The molecule has 0 unspecified atom stereocenters. The molecule has 1 aromatic heterocycles. The predicted octanol–water partition coefficient (Wildman–Crippen LogP) is 3.90. The minimum Gasteiger partial charge on any atom is -0.385 e. The van der Waals surface area contributed by atoms with Gasteiger partial charge < -0.3 is 15.0 Å². The first-order chi connectivity index (χ1) is 14.9. The van der Waals surface area contributed by atoms with Crippen LogP contribution < -0.4 is 5.32 Å². The van der Waals surface area contributed by atoms with Crippen LogP contribution >= 0.6 is 11.3 Å². The van der Waals surface area contributed by atoms with Crippen LogP contribution in [-0.2, 0) is 9.53 Å². The van der Waals surface area contributed by atoms with E-state index < -0.39 is 0 Å². The number of benzene rings is 1. The van der Waals surface area contributed by atoms with E-state index in [0.717, 1.165) is 29.8 Å². The number of nitrogens with zero attached hydrogens (tertiary/aromatic N) is 2. The van der Waals surface area contributed by atoms with Crippen molar-refractivity contribution in [1.29, 1.82) is 0 Å². The fourth-order valence-corrected chi connectivity index (χ4v) is 4.90. The van der Waals surface area contributed by atoms with Crippen molar-refractivity contribution in [2.75, 3.05) is 33.4 Å². The number of nitrogens with one attached hydrogen (secondary N) is 1. The van der Waals surface area contributed by atoms with E-state index in [2.05, 4.69) is 10.3 Å². The van der Waals surface area contributed by atoms with E-state index in [-0.39, 0.29) is 29.5 Å². The van der Waals surface area contributed by atoms with Crippen molar-refractivity contribution in [2.24, 2.45) is 11.8 Å². The van der Waals surface area contributed by atoms with E-state index in [1.54, 1.807) is 19.2 Å². The molecule has 1 aliphatic heterocycles. The Kier molecular flexibility index (Phi) is 8.15. The van der Waals surface area contributed by atoms with E-state index >= 15 is 0 Å². The molecule has 1 aromatic carbocycles. The zero-order valence-corrected chi connectivity index (χ0v) is 19.1. The highest BCUT2D eigenvalue weighted by Gasteiger charge is 2.31. The maximum Gasteiger partial charge on any atom is 0.265 e. The summed E-state index contributed by atoms with van der Waals surface area (Å²) in [5, 5.41) is 3.69. The number of likely N-dealkylation sites (tertiary alicyclic amines) is 1. The number of hydrogen-bond donors (Lipinski definition) is 1. The van der Waals surface area contributed by atoms with Crippen molar-refractivity contribution in [1.82, 2.24) is 15.2 Å². The van der Waals surface area contributed by atoms with Crippen LogP contribution in [0.4, 0.5) is 4.39 Å². The Labute approximate surface area is 186 Å². The zero-order valence-electron chi connectivity index (χ0n) is 18.3. The van der Waals surface area contributed by atoms with Gasteiger partial charge in [-0.2, -0.15) is 0 Å². The lowest BCUT2D eigenvalue weighted by molar-refractivity contribution is -0.126. The quantitative estimate of drug-likeness (QED) is 0.623. The van der Waals surface area contributed by atoms with Gasteiger partial charge in [0.25, 0.3) is 5.91 Å². The summed E-state index contributed by atoms with van der Waals surface area (Å²) in [6.07, 6.45) is 2.41. The highest BCUT2D eigenvalue weighted by Crippen LogP contribution is 2.31. The Morgan fingerprint density at radius 2 is 1.97 bits per heavy atom. The van der Waals surface area contributed by atoms with Gasteiger partial charge in [0.1, 0.15) is 15.7 Å². The molecule has 0 radical (unpaired) electrons. The number of ether oxygens (including phenoxy) is 1. The summed E-state index contributed by atoms with van der Waals surface area (Å²) in [5.41, 5.74) is 1.50. The average Bonchev–Trinajstić information content (AvgIpc) is 3.17. The number of rotatable bonds is 8. The van der Waals surface area contributed by atoms with Crippen molar-refractivity contribution in [3.8, 4) is 10.6 Å². The Hall–Kier alpha value is -2.32. The molecule has 6 nitrogen and oxygen atoms in total. The van der Waals surface area contributed by atoms with E-state index in [1.165, 1.54) is 23.5 Å². The summed E-state index contributed by atoms with van der Waals surface area (Å²) in [6, 6.07) is 6.14. The summed E-state index contributed by atoms with van der Waals surface area (Å²) >= 11 is 1.35. The molecule has 0 spiro atoms. The second kappa shape index (κ2) is 10.8. The maximum atomic E-state index is 13.2. The van der Waals surface area contributed by atoms with Crippen LogP contribution in [0.2, 0.25) is 0 Å². The van der Waals surface area contributed by atoms with Crippen molar-refractivity contribution in [3.63, 3.8) is 0 Å². The van der Waals surface area contributed by atoms with Crippen molar-refractivity contribution in [2.45, 2.75) is 33.1 Å². The van der Waals surface area contributed by atoms with Crippen LogP contribution in [0, 0.1) is 24.6 Å². The fourth-order valence-electron chi connectivity index (χ4n) is 3.86. The lowest BCUT2D eigenvalue weighted by atomic mass is 9.84. The van der Waals surface area contributed by atoms with Gasteiger partial charge in [-0.25, -0.2) is 9.37 Å². The summed E-state index contributed by atoms with van der Waals surface area (Å²) in [5.74, 6) is -0.0467. The molecule has 0 aliphatic carbocycles. The van der Waals surface area contributed by atoms with Gasteiger partial charge in [0.2, 0.25) is 5.91 Å². The molecule has 2 amide bonds. The molecule has 31 heavy (non-hydrogen) atoms. The molecule has 1 N–H and O–H groups in total. The topological polar surface area (TPSA) is 71.5 Å². The van der Waals surface area contributed by atoms with E-state index in [0.29, 0.717) is 36.8 Å². The fraction of sp³-hybridized carbons (Fsp3) is 0.522. The number of halogens is 1. The largest absolute Gasteiger partial charge is 0.385 e. The van der Waals surface area contributed by atoms with Crippen LogP contribution in [-0.4, -0.2) is 55.0 Å². The summed E-state index contributed by atoms with van der Waals surface area (Å²) < 4.78 is 18.2. The van der Waals surface area contributed by atoms with Crippen molar-refractivity contribution < 1.29 is 18.7 Å². The van der Waals surface area contributed by atoms with Gasteiger partial charge in [0.15, 0.2) is 0 Å². The third-order valence-corrected chi connectivity index (χ3v) is 7.05. The minimum atomic E-state index is -0.297. The van der Waals surface area contributed by atoms with Gasteiger partial charge in [-0.3, -0.25) is 9.59 Å². The normalized spacial score (nSPS) is 15.7. The molecular formula is C23H30FN3O3S. The Bertz CT molecular complexity index is 892. The number of thiazole rings is 1. The molecule has 3 rings (SSSR count). The third kappa shape index (κ3) is 5.89. The molecule has 0 bridgehead atoms. The smallest absolute Gasteiger partial charge is 0.265 e. The lowest BCUT2D eigenvalue weighted by Gasteiger charge is -2.34. The van der Waals surface area contributed by atoms with Gasteiger partial charge in [-0.1, -0.05) is 6.92 Å². The minimum absolute atomic E-state index is 0.0153. The second-order valence-corrected chi connectivity index (χ2v) is 9.00. The first kappa shape index (κ1) is 23.3. The number of carbonyl (C=O) groups is 2. The molecule has 168 valence electrons. The van der Waals surface area contributed by atoms with E-state index in [1.807, 2.05) is 18.7 Å². The monoisotopic (exact) mass is 447 g/mol. The summed E-state index contributed by atoms with van der Waals surface area (Å²) in [6.45, 7) is 6.32. The second-order valence-electron chi connectivity index (χ2n) is 8.00. The molecule has 1 fully saturated rings. The van der Waals surface area contributed by atoms with Crippen LogP contribution in [0.25, 0.3) is 10.6 Å². The highest BCUT2D eigenvalue weighted by atomic mass is 32.1. The molecule has 0 saturated carbocycles. The third-order valence-electron chi connectivity index (χ3n) is 5.85. The zero-order chi connectivity index (χ0) is 22.4. The van der Waals surface area contributed by atoms with Crippen LogP contribution in [0.15, 0.2) is 24.3 Å². The number of aryl methyl sites for hydroxylation is 1. The number of carbonyl (C=O) groups excluding carboxylic acids is 2. The molecule has 8 heteroatoms. The molecule has 2 heterocycles. The molecule has 1 saturated heterocycles. The Morgan fingerprint density at radius 3 is 2.61 bits per heavy atom. The van der Waals surface area contributed by atoms with E-state index in [9.17, 15) is 14.0 Å². The van der Waals surface area contributed by atoms with Crippen LogP contribution in [0.3, 0.4) is 0 Å². The summed E-state index contributed by atoms with van der Waals surface area (Å²) in [7, 11) is 1.65. The Balaban J connectivity index is 1.55. The van der Waals surface area contributed by atoms with Crippen molar-refractivity contribution in [3.05, 3.63) is 40.7 Å². The van der Waals surface area contributed by atoms with Crippen LogP contribution in [0.5, 0.6) is 0 Å². The van der Waals surface area contributed by atoms with Crippen molar-refractivity contribution >= 4 is 23.2 Å². The number of amides is 2. The molecule has 1 aliphatic rings. The van der Waals surface area contributed by atoms with Gasteiger partial charge in [0, 0.05) is 44.8 Å². The van der Waals surface area contributed by atoms with Gasteiger partial charge in [0.05, 0.1) is 5.69 Å². The molecular weight excluding hydrogens is 417 g/mol. The maximum absolute atomic E-state index is 13.2. The molecule has 2 aromatic rings. The summed E-state index contributed by atoms with van der Waals surface area (Å²) in [4.78, 5) is 32.5. The number of hydrogen-bond acceptors (Lipinski definition) is 5. The number of methoxy groups -OCH3 is 1.